The van der Waals surface area contributed by atoms with E-state index in [9.17, 15) is 0 Å². The molecular weight excluding hydrogens is 665 g/mol. The van der Waals surface area contributed by atoms with Crippen LogP contribution < -0.4 is 4.90 Å². The predicted molar refractivity (Wildman–Crippen MR) is 223 cm³/mol. The van der Waals surface area contributed by atoms with Crippen LogP contribution in [0, 0.1) is 0 Å². The number of thiazole rings is 1. The minimum atomic E-state index is 0.867. The molecule has 0 aliphatic rings. The van der Waals surface area contributed by atoms with Crippen molar-refractivity contribution in [2.24, 2.45) is 0 Å². The largest absolute Gasteiger partial charge is 0.456 e. The molecule has 8 aromatic carbocycles. The van der Waals surface area contributed by atoms with Gasteiger partial charge in [-0.25, -0.2) is 4.98 Å². The Morgan fingerprint density at radius 2 is 0.887 bits per heavy atom. The fraction of sp³-hybridized carbons (Fsp3) is 0. The second-order valence-corrected chi connectivity index (χ2v) is 14.2. The highest BCUT2D eigenvalue weighted by Crippen LogP contribution is 2.41. The van der Waals surface area contributed by atoms with Crippen LogP contribution in [0.5, 0.6) is 0 Å². The normalized spacial score (nSPS) is 11.4. The van der Waals surface area contributed by atoms with Crippen LogP contribution in [0.2, 0.25) is 0 Å². The molecule has 0 fully saturated rings. The van der Waals surface area contributed by atoms with E-state index in [1.807, 2.05) is 6.07 Å². The third kappa shape index (κ3) is 5.85. The molecule has 0 aliphatic heterocycles. The van der Waals surface area contributed by atoms with E-state index in [1.54, 1.807) is 11.3 Å². The van der Waals surface area contributed by atoms with E-state index in [-0.39, 0.29) is 0 Å². The molecule has 10 rings (SSSR count). The fourth-order valence-corrected chi connectivity index (χ4v) is 8.17. The summed E-state index contributed by atoms with van der Waals surface area (Å²) in [5.74, 6) is 0. The van der Waals surface area contributed by atoms with Gasteiger partial charge < -0.3 is 9.32 Å². The average molecular weight is 697 g/mol. The molecule has 0 bridgehead atoms. The molecule has 0 aliphatic carbocycles. The van der Waals surface area contributed by atoms with Crippen LogP contribution in [0.4, 0.5) is 17.1 Å². The number of para-hydroxylation sites is 1. The van der Waals surface area contributed by atoms with Gasteiger partial charge in [0.1, 0.15) is 16.2 Å². The average Bonchev–Trinajstić information content (AvgIpc) is 3.84. The van der Waals surface area contributed by atoms with Gasteiger partial charge in [0, 0.05) is 33.4 Å². The Hall–Kier alpha value is -6.75. The first-order chi connectivity index (χ1) is 26.2. The van der Waals surface area contributed by atoms with Gasteiger partial charge in [0.25, 0.3) is 0 Å². The van der Waals surface area contributed by atoms with Crippen molar-refractivity contribution < 1.29 is 4.42 Å². The van der Waals surface area contributed by atoms with E-state index >= 15 is 0 Å². The number of rotatable bonds is 7. The number of hydrogen-bond acceptors (Lipinski definition) is 4. The zero-order valence-electron chi connectivity index (χ0n) is 28.7. The van der Waals surface area contributed by atoms with Crippen LogP contribution in [-0.4, -0.2) is 4.98 Å². The molecule has 4 heteroatoms. The molecule has 53 heavy (non-hydrogen) atoms. The highest BCUT2D eigenvalue weighted by molar-refractivity contribution is 7.21. The molecule has 0 saturated carbocycles. The molecule has 0 unspecified atom stereocenters. The van der Waals surface area contributed by atoms with Crippen molar-refractivity contribution in [2.45, 2.75) is 0 Å². The van der Waals surface area contributed by atoms with Crippen LogP contribution in [0.15, 0.2) is 199 Å². The van der Waals surface area contributed by atoms with Gasteiger partial charge in [-0.1, -0.05) is 127 Å². The summed E-state index contributed by atoms with van der Waals surface area (Å²) in [6.07, 6.45) is 0. The first kappa shape index (κ1) is 31.0. The number of furan rings is 1. The summed E-state index contributed by atoms with van der Waals surface area (Å²) < 4.78 is 7.69. The number of benzene rings is 8. The van der Waals surface area contributed by atoms with Crippen molar-refractivity contribution in [3.63, 3.8) is 0 Å². The summed E-state index contributed by atoms with van der Waals surface area (Å²) in [5, 5.41) is 3.21. The van der Waals surface area contributed by atoms with Gasteiger partial charge in [0.05, 0.1) is 10.2 Å². The van der Waals surface area contributed by atoms with Crippen molar-refractivity contribution in [3.05, 3.63) is 194 Å². The Balaban J connectivity index is 1.01. The Kier molecular flexibility index (Phi) is 7.67. The molecule has 0 radical (unpaired) electrons. The van der Waals surface area contributed by atoms with Crippen LogP contribution in [0.25, 0.3) is 76.1 Å². The standard InChI is InChI=1S/C49H32N2OS/c1-3-9-33(10-4-1)35-19-24-40(25-20-35)51(41-26-21-36(22-27-41)34-11-5-2-6-12-34)42-28-30-46-44(32-42)43-29-23-39(31-47(43)52-46)37-15-17-38(18-16-37)49-50-45-13-7-8-14-48(45)53-49/h1-32H. The van der Waals surface area contributed by atoms with Crippen LogP contribution in [-0.2, 0) is 0 Å². The maximum Gasteiger partial charge on any atom is 0.136 e. The maximum absolute atomic E-state index is 6.49. The third-order valence-corrected chi connectivity index (χ3v) is 11.0. The minimum absolute atomic E-state index is 0.867. The summed E-state index contributed by atoms with van der Waals surface area (Å²) in [7, 11) is 0. The number of anilines is 3. The number of nitrogens with zero attached hydrogens (tertiary/aromatic N) is 2. The quantitative estimate of drug-likeness (QED) is 0.166. The van der Waals surface area contributed by atoms with Gasteiger partial charge in [0.2, 0.25) is 0 Å². The minimum Gasteiger partial charge on any atom is -0.456 e. The monoisotopic (exact) mass is 696 g/mol. The molecule has 0 atom stereocenters. The molecule has 0 saturated heterocycles. The number of fused-ring (bicyclic) bond motifs is 4. The molecule has 2 heterocycles. The molecule has 3 nitrogen and oxygen atoms in total. The van der Waals surface area contributed by atoms with Crippen molar-refractivity contribution >= 4 is 60.6 Å². The summed E-state index contributed by atoms with van der Waals surface area (Å²) >= 11 is 1.73. The lowest BCUT2D eigenvalue weighted by molar-refractivity contribution is 0.669. The maximum atomic E-state index is 6.49. The van der Waals surface area contributed by atoms with Gasteiger partial charge in [-0.3, -0.25) is 0 Å². The Labute approximate surface area is 311 Å². The van der Waals surface area contributed by atoms with E-state index in [4.69, 9.17) is 9.40 Å². The lowest BCUT2D eigenvalue weighted by atomic mass is 10.0. The summed E-state index contributed by atoms with van der Waals surface area (Å²) in [6, 6.07) is 68.7. The molecule has 10 aromatic rings. The lowest BCUT2D eigenvalue weighted by Gasteiger charge is -2.26. The summed E-state index contributed by atoms with van der Waals surface area (Å²) in [4.78, 5) is 7.16. The number of hydrogen-bond donors (Lipinski definition) is 0. The molecular formula is C49H32N2OS. The predicted octanol–water partition coefficient (Wildman–Crippen LogP) is 14.3. The van der Waals surface area contributed by atoms with Crippen LogP contribution >= 0.6 is 11.3 Å². The fourth-order valence-electron chi connectivity index (χ4n) is 7.20. The zero-order valence-corrected chi connectivity index (χ0v) is 29.5. The van der Waals surface area contributed by atoms with Crippen molar-refractivity contribution in [3.8, 4) is 44.0 Å². The van der Waals surface area contributed by atoms with E-state index < -0.39 is 0 Å². The van der Waals surface area contributed by atoms with Crippen molar-refractivity contribution in [2.75, 3.05) is 4.90 Å². The highest BCUT2D eigenvalue weighted by Gasteiger charge is 2.17. The van der Waals surface area contributed by atoms with Crippen LogP contribution in [0.3, 0.4) is 0 Å². The Bertz CT molecular complexity index is 2740. The molecule has 0 amide bonds. The first-order valence-electron chi connectivity index (χ1n) is 17.8. The highest BCUT2D eigenvalue weighted by atomic mass is 32.1. The van der Waals surface area contributed by atoms with E-state index in [1.165, 1.54) is 27.0 Å². The SMILES string of the molecule is c1ccc(-c2ccc(N(c3ccc(-c4ccccc4)cc3)c3ccc4oc5cc(-c6ccc(-c7nc8ccccc8s7)cc6)ccc5c4c3)cc2)cc1. The van der Waals surface area contributed by atoms with Gasteiger partial charge in [-0.05, 0) is 100 Å². The summed E-state index contributed by atoms with van der Waals surface area (Å²) in [6.45, 7) is 0. The van der Waals surface area contributed by atoms with Crippen molar-refractivity contribution in [1.29, 1.82) is 0 Å². The molecule has 0 N–H and O–H groups in total. The van der Waals surface area contributed by atoms with E-state index in [2.05, 4.69) is 193 Å². The van der Waals surface area contributed by atoms with Crippen LogP contribution in [0.1, 0.15) is 0 Å². The van der Waals surface area contributed by atoms with Crippen molar-refractivity contribution in [1.82, 2.24) is 4.98 Å². The number of aromatic nitrogens is 1. The Morgan fingerprint density at radius 3 is 1.53 bits per heavy atom. The lowest BCUT2D eigenvalue weighted by Crippen LogP contribution is -2.09. The van der Waals surface area contributed by atoms with Gasteiger partial charge >= 0.3 is 0 Å². The first-order valence-corrected chi connectivity index (χ1v) is 18.6. The molecule has 0 spiro atoms. The van der Waals surface area contributed by atoms with Gasteiger partial charge in [-0.2, -0.15) is 0 Å². The van der Waals surface area contributed by atoms with E-state index in [0.717, 1.165) is 66.2 Å². The topological polar surface area (TPSA) is 29.3 Å². The second-order valence-electron chi connectivity index (χ2n) is 13.2. The third-order valence-electron chi connectivity index (χ3n) is 9.94. The smallest absolute Gasteiger partial charge is 0.136 e. The second kappa shape index (κ2) is 13.1. The summed E-state index contributed by atoms with van der Waals surface area (Å²) in [5.41, 5.74) is 14.2. The molecule has 250 valence electrons. The Morgan fingerprint density at radius 1 is 0.377 bits per heavy atom. The van der Waals surface area contributed by atoms with Gasteiger partial charge in [-0.15, -0.1) is 11.3 Å². The molecule has 2 aromatic heterocycles. The van der Waals surface area contributed by atoms with E-state index in [0.29, 0.717) is 0 Å². The van der Waals surface area contributed by atoms with Gasteiger partial charge in [0.15, 0.2) is 0 Å². The zero-order chi connectivity index (χ0) is 35.1.